The van der Waals surface area contributed by atoms with Gasteiger partial charge in [0.2, 0.25) is 0 Å². The van der Waals surface area contributed by atoms with Gasteiger partial charge in [-0.15, -0.1) is 0 Å². The normalized spacial score (nSPS) is 11.0. The predicted octanol–water partition coefficient (Wildman–Crippen LogP) is 4.39. The third kappa shape index (κ3) is 3.11. The standard InChI is InChI=1S/C15H8Cl2F2N4O/c16-8-1-2-13(24-15(18)19)12(5-8)23-11-6-14(17)21-7-9(11)10(22-23)3-4-20/h1-2,5-7,15H,3H2. The van der Waals surface area contributed by atoms with Crippen LogP contribution in [0.2, 0.25) is 10.2 Å². The van der Waals surface area contributed by atoms with E-state index >= 15 is 0 Å². The van der Waals surface area contributed by atoms with Crippen LogP contribution in [0.25, 0.3) is 16.6 Å². The molecule has 0 amide bonds. The van der Waals surface area contributed by atoms with Crippen LogP contribution in [-0.4, -0.2) is 21.4 Å². The van der Waals surface area contributed by atoms with E-state index in [0.29, 0.717) is 21.6 Å². The van der Waals surface area contributed by atoms with Gasteiger partial charge in [0, 0.05) is 22.7 Å². The minimum atomic E-state index is -3.00. The van der Waals surface area contributed by atoms with E-state index in [1.807, 2.05) is 6.07 Å². The van der Waals surface area contributed by atoms with E-state index in [2.05, 4.69) is 14.8 Å². The second kappa shape index (κ2) is 6.59. The predicted molar refractivity (Wildman–Crippen MR) is 84.8 cm³/mol. The van der Waals surface area contributed by atoms with Crippen LogP contribution in [0.1, 0.15) is 5.69 Å². The van der Waals surface area contributed by atoms with Gasteiger partial charge < -0.3 is 4.74 Å². The summed E-state index contributed by atoms with van der Waals surface area (Å²) in [5.74, 6) is -0.102. The van der Waals surface area contributed by atoms with E-state index in [1.54, 1.807) is 0 Å². The summed E-state index contributed by atoms with van der Waals surface area (Å²) in [7, 11) is 0. The van der Waals surface area contributed by atoms with Crippen LogP contribution in [-0.2, 0) is 6.42 Å². The number of fused-ring (bicyclic) bond motifs is 1. The molecule has 1 aromatic carbocycles. The fourth-order valence-corrected chi connectivity index (χ4v) is 2.61. The molecule has 2 aromatic heterocycles. The molecule has 0 fully saturated rings. The van der Waals surface area contributed by atoms with Crippen molar-refractivity contribution in [2.24, 2.45) is 0 Å². The lowest BCUT2D eigenvalue weighted by molar-refractivity contribution is -0.0498. The molecular formula is C15H8Cl2F2N4O. The van der Waals surface area contributed by atoms with Crippen LogP contribution in [0.15, 0.2) is 30.5 Å². The zero-order valence-corrected chi connectivity index (χ0v) is 13.4. The molecule has 0 atom stereocenters. The highest BCUT2D eigenvalue weighted by molar-refractivity contribution is 6.31. The Morgan fingerprint density at radius 1 is 1.29 bits per heavy atom. The molecule has 0 N–H and O–H groups in total. The van der Waals surface area contributed by atoms with Crippen LogP contribution >= 0.6 is 23.2 Å². The summed E-state index contributed by atoms with van der Waals surface area (Å²) in [6, 6.07) is 7.72. The molecule has 3 rings (SSSR count). The molecule has 2 heterocycles. The number of benzene rings is 1. The lowest BCUT2D eigenvalue weighted by Crippen LogP contribution is -2.07. The van der Waals surface area contributed by atoms with Crippen molar-refractivity contribution in [3.63, 3.8) is 0 Å². The summed E-state index contributed by atoms with van der Waals surface area (Å²) in [6.45, 7) is -3.00. The van der Waals surface area contributed by atoms with E-state index in [-0.39, 0.29) is 23.0 Å². The highest BCUT2D eigenvalue weighted by Gasteiger charge is 2.18. The third-order valence-electron chi connectivity index (χ3n) is 3.22. The number of rotatable bonds is 4. The van der Waals surface area contributed by atoms with E-state index in [9.17, 15) is 8.78 Å². The highest BCUT2D eigenvalue weighted by atomic mass is 35.5. The van der Waals surface area contributed by atoms with Crippen molar-refractivity contribution in [1.82, 2.24) is 14.8 Å². The highest BCUT2D eigenvalue weighted by Crippen LogP contribution is 2.32. The first kappa shape index (κ1) is 16.4. The van der Waals surface area contributed by atoms with E-state index in [4.69, 9.17) is 28.5 Å². The molecule has 0 spiro atoms. The van der Waals surface area contributed by atoms with Gasteiger partial charge in [0.1, 0.15) is 10.8 Å². The van der Waals surface area contributed by atoms with Gasteiger partial charge in [-0.3, -0.25) is 0 Å². The first-order valence-corrected chi connectivity index (χ1v) is 7.40. The fraction of sp³-hybridized carbons (Fsp3) is 0.133. The van der Waals surface area contributed by atoms with Gasteiger partial charge in [-0.2, -0.15) is 19.1 Å². The monoisotopic (exact) mass is 368 g/mol. The number of hydrogen-bond donors (Lipinski definition) is 0. The molecule has 0 unspecified atom stereocenters. The van der Waals surface area contributed by atoms with Crippen molar-refractivity contribution in [2.75, 3.05) is 0 Å². The number of alkyl halides is 2. The molecule has 24 heavy (non-hydrogen) atoms. The number of aromatic nitrogens is 3. The molecular weight excluding hydrogens is 361 g/mol. The molecule has 0 aliphatic rings. The van der Waals surface area contributed by atoms with Crippen molar-refractivity contribution in [2.45, 2.75) is 13.0 Å². The van der Waals surface area contributed by atoms with E-state index < -0.39 is 6.61 Å². The first-order chi connectivity index (χ1) is 11.5. The number of halogens is 4. The SMILES string of the molecule is N#CCc1nn(-c2cc(Cl)ccc2OC(F)F)c2cc(Cl)ncc12. The first-order valence-electron chi connectivity index (χ1n) is 6.64. The Morgan fingerprint density at radius 2 is 2.08 bits per heavy atom. The van der Waals surface area contributed by atoms with Crippen LogP contribution < -0.4 is 4.74 Å². The molecule has 9 heteroatoms. The maximum absolute atomic E-state index is 12.7. The topological polar surface area (TPSA) is 63.7 Å². The number of ether oxygens (including phenoxy) is 1. The average molecular weight is 369 g/mol. The summed E-state index contributed by atoms with van der Waals surface area (Å²) >= 11 is 11.9. The maximum Gasteiger partial charge on any atom is 0.387 e. The number of nitriles is 1. The molecule has 0 saturated carbocycles. The van der Waals surface area contributed by atoms with Crippen molar-refractivity contribution in [3.05, 3.63) is 46.3 Å². The quantitative estimate of drug-likeness (QED) is 0.640. The molecule has 3 aromatic rings. The van der Waals surface area contributed by atoms with Crippen molar-refractivity contribution >= 4 is 34.1 Å². The molecule has 0 bridgehead atoms. The molecule has 0 aliphatic carbocycles. The van der Waals surface area contributed by atoms with Gasteiger partial charge in [-0.1, -0.05) is 23.2 Å². The Morgan fingerprint density at radius 3 is 2.79 bits per heavy atom. The minimum absolute atomic E-state index is 0.0262. The second-order valence-electron chi connectivity index (χ2n) is 4.71. The average Bonchev–Trinajstić information content (AvgIpc) is 2.87. The zero-order valence-electron chi connectivity index (χ0n) is 11.9. The lowest BCUT2D eigenvalue weighted by atomic mass is 10.2. The minimum Gasteiger partial charge on any atom is -0.433 e. The number of hydrogen-bond acceptors (Lipinski definition) is 4. The Labute approximate surface area is 145 Å². The second-order valence-corrected chi connectivity index (χ2v) is 5.53. The molecule has 5 nitrogen and oxygen atoms in total. The van der Waals surface area contributed by atoms with Crippen LogP contribution in [0.5, 0.6) is 5.75 Å². The van der Waals surface area contributed by atoms with Gasteiger partial charge in [0.15, 0.2) is 5.75 Å². The molecule has 0 radical (unpaired) electrons. The number of nitrogens with zero attached hydrogens (tertiary/aromatic N) is 4. The van der Waals surface area contributed by atoms with Crippen molar-refractivity contribution < 1.29 is 13.5 Å². The van der Waals surface area contributed by atoms with Crippen LogP contribution in [0.3, 0.4) is 0 Å². The van der Waals surface area contributed by atoms with Crippen LogP contribution in [0, 0.1) is 11.3 Å². The van der Waals surface area contributed by atoms with E-state index in [1.165, 1.54) is 35.1 Å². The van der Waals surface area contributed by atoms with E-state index in [0.717, 1.165) is 0 Å². The Kier molecular flexibility index (Phi) is 4.51. The fourth-order valence-electron chi connectivity index (χ4n) is 2.29. The Bertz CT molecular complexity index is 953. The zero-order chi connectivity index (χ0) is 17.3. The van der Waals surface area contributed by atoms with Gasteiger partial charge in [-0.05, 0) is 18.2 Å². The Hall–Kier alpha value is -2.43. The summed E-state index contributed by atoms with van der Waals surface area (Å²) < 4.78 is 31.2. The summed E-state index contributed by atoms with van der Waals surface area (Å²) in [5.41, 5.74) is 1.15. The van der Waals surface area contributed by atoms with Gasteiger partial charge in [-0.25, -0.2) is 9.67 Å². The largest absolute Gasteiger partial charge is 0.433 e. The maximum atomic E-state index is 12.7. The summed E-state index contributed by atoms with van der Waals surface area (Å²) in [4.78, 5) is 3.97. The smallest absolute Gasteiger partial charge is 0.387 e. The molecule has 122 valence electrons. The van der Waals surface area contributed by atoms with Crippen molar-refractivity contribution in [1.29, 1.82) is 5.26 Å². The third-order valence-corrected chi connectivity index (χ3v) is 3.66. The number of pyridine rings is 1. The van der Waals surface area contributed by atoms with Gasteiger partial charge in [0.25, 0.3) is 0 Å². The van der Waals surface area contributed by atoms with Crippen LogP contribution in [0.4, 0.5) is 8.78 Å². The van der Waals surface area contributed by atoms with Gasteiger partial charge >= 0.3 is 6.61 Å². The van der Waals surface area contributed by atoms with Crippen molar-refractivity contribution in [3.8, 4) is 17.5 Å². The molecule has 0 saturated heterocycles. The molecule has 0 aliphatic heterocycles. The lowest BCUT2D eigenvalue weighted by Gasteiger charge is -2.12. The summed E-state index contributed by atoms with van der Waals surface area (Å²) in [6.07, 6.45) is 1.50. The van der Waals surface area contributed by atoms with Gasteiger partial charge in [0.05, 0.1) is 23.7 Å². The Balaban J connectivity index is 2.28. The summed E-state index contributed by atoms with van der Waals surface area (Å²) in [5, 5.41) is 14.4.